The van der Waals surface area contributed by atoms with E-state index < -0.39 is 0 Å². The maximum atomic E-state index is 12.3. The van der Waals surface area contributed by atoms with Gasteiger partial charge in [-0.05, 0) is 26.7 Å². The van der Waals surface area contributed by atoms with Crippen LogP contribution in [-0.2, 0) is 11.8 Å². The Balaban J connectivity index is 1.71. The summed E-state index contributed by atoms with van der Waals surface area (Å²) in [4.78, 5) is 14.8. The van der Waals surface area contributed by atoms with E-state index in [-0.39, 0.29) is 18.1 Å². The average molecular weight is 292 g/mol. The van der Waals surface area contributed by atoms with Gasteiger partial charge >= 0.3 is 0 Å². The molecule has 2 saturated heterocycles. The monoisotopic (exact) mass is 292 g/mol. The molecule has 1 aromatic rings. The van der Waals surface area contributed by atoms with Crippen LogP contribution in [0.2, 0.25) is 0 Å². The predicted octanol–water partition coefficient (Wildman–Crippen LogP) is 0.790. The van der Waals surface area contributed by atoms with Gasteiger partial charge in [-0.25, -0.2) is 0 Å². The van der Waals surface area contributed by atoms with Gasteiger partial charge in [-0.3, -0.25) is 14.4 Å². The van der Waals surface area contributed by atoms with Crippen LogP contribution < -0.4 is 5.32 Å². The van der Waals surface area contributed by atoms with Crippen LogP contribution in [0.15, 0.2) is 12.4 Å². The quantitative estimate of drug-likeness (QED) is 0.895. The molecule has 6 nitrogen and oxygen atoms in total. The lowest BCUT2D eigenvalue weighted by atomic mass is 10.0. The van der Waals surface area contributed by atoms with Crippen molar-refractivity contribution in [3.8, 4) is 0 Å². The summed E-state index contributed by atoms with van der Waals surface area (Å²) in [6, 6.07) is 0.961. The van der Waals surface area contributed by atoms with Crippen molar-refractivity contribution in [2.45, 2.75) is 50.9 Å². The van der Waals surface area contributed by atoms with Gasteiger partial charge in [-0.1, -0.05) is 0 Å². The van der Waals surface area contributed by atoms with Crippen molar-refractivity contribution in [3.05, 3.63) is 18.0 Å². The van der Waals surface area contributed by atoms with Gasteiger partial charge in [0.05, 0.1) is 23.9 Å². The molecule has 1 amide bonds. The Morgan fingerprint density at radius 3 is 3.00 bits per heavy atom. The highest BCUT2D eigenvalue weighted by atomic mass is 16.5. The van der Waals surface area contributed by atoms with Crippen molar-refractivity contribution in [1.29, 1.82) is 0 Å². The van der Waals surface area contributed by atoms with Crippen molar-refractivity contribution in [2.24, 2.45) is 7.05 Å². The number of hydrogen-bond acceptors (Lipinski definition) is 4. The minimum atomic E-state index is -0.0633. The van der Waals surface area contributed by atoms with Crippen LogP contribution in [0.4, 0.5) is 0 Å². The molecule has 0 radical (unpaired) electrons. The standard InChI is InChI=1S/C15H24N4O2/c1-10(2)19-9-12(14-13(19)5-4-6-21-14)17-15(20)11-7-16-18(3)8-11/h7-8,10,12-14H,4-6,9H2,1-3H3,(H,17,20)/t12-,13+,14+/m1/s1. The van der Waals surface area contributed by atoms with E-state index in [1.54, 1.807) is 17.1 Å². The number of nitrogens with zero attached hydrogens (tertiary/aromatic N) is 3. The summed E-state index contributed by atoms with van der Waals surface area (Å²) in [6.07, 6.45) is 5.71. The van der Waals surface area contributed by atoms with Gasteiger partial charge in [0.25, 0.3) is 5.91 Å². The van der Waals surface area contributed by atoms with E-state index in [2.05, 4.69) is 29.2 Å². The molecule has 0 unspecified atom stereocenters. The molecule has 2 fully saturated rings. The lowest BCUT2D eigenvalue weighted by molar-refractivity contribution is -0.0243. The van der Waals surface area contributed by atoms with E-state index in [1.165, 1.54) is 0 Å². The summed E-state index contributed by atoms with van der Waals surface area (Å²) >= 11 is 0. The van der Waals surface area contributed by atoms with E-state index in [0.29, 0.717) is 17.6 Å². The zero-order valence-corrected chi connectivity index (χ0v) is 13.0. The van der Waals surface area contributed by atoms with E-state index >= 15 is 0 Å². The SMILES string of the molecule is CC(C)N1C[C@@H](NC(=O)c2cnn(C)c2)[C@@H]2OCCC[C@@H]21. The Morgan fingerprint density at radius 2 is 2.33 bits per heavy atom. The van der Waals surface area contributed by atoms with Crippen LogP contribution in [0, 0.1) is 0 Å². The van der Waals surface area contributed by atoms with Crippen molar-refractivity contribution in [2.75, 3.05) is 13.2 Å². The Morgan fingerprint density at radius 1 is 1.52 bits per heavy atom. The highest BCUT2D eigenvalue weighted by molar-refractivity contribution is 5.93. The zero-order chi connectivity index (χ0) is 15.0. The number of carbonyl (C=O) groups excluding carboxylic acids is 1. The molecular weight excluding hydrogens is 268 g/mol. The number of likely N-dealkylation sites (tertiary alicyclic amines) is 1. The number of nitrogens with one attached hydrogen (secondary N) is 1. The molecular formula is C15H24N4O2. The predicted molar refractivity (Wildman–Crippen MR) is 79.1 cm³/mol. The fourth-order valence-corrected chi connectivity index (χ4v) is 3.50. The molecule has 0 saturated carbocycles. The molecule has 0 spiro atoms. The minimum absolute atomic E-state index is 0.0606. The first-order chi connectivity index (χ1) is 10.1. The first-order valence-electron chi connectivity index (χ1n) is 7.73. The van der Waals surface area contributed by atoms with Gasteiger partial charge in [-0.15, -0.1) is 0 Å². The van der Waals surface area contributed by atoms with Gasteiger partial charge in [0.1, 0.15) is 0 Å². The third kappa shape index (κ3) is 2.82. The van der Waals surface area contributed by atoms with E-state index in [0.717, 1.165) is 26.0 Å². The zero-order valence-electron chi connectivity index (χ0n) is 13.0. The van der Waals surface area contributed by atoms with Crippen molar-refractivity contribution >= 4 is 5.91 Å². The van der Waals surface area contributed by atoms with E-state index in [1.807, 2.05) is 7.05 Å². The summed E-state index contributed by atoms with van der Waals surface area (Å²) in [5.74, 6) is -0.0633. The van der Waals surface area contributed by atoms with Crippen LogP contribution in [0.3, 0.4) is 0 Å². The largest absolute Gasteiger partial charge is 0.374 e. The van der Waals surface area contributed by atoms with Gasteiger partial charge in [-0.2, -0.15) is 5.10 Å². The van der Waals surface area contributed by atoms with Crippen molar-refractivity contribution in [3.63, 3.8) is 0 Å². The van der Waals surface area contributed by atoms with Crippen molar-refractivity contribution in [1.82, 2.24) is 20.0 Å². The number of aryl methyl sites for hydroxylation is 1. The molecule has 2 aliphatic rings. The van der Waals surface area contributed by atoms with Gasteiger partial charge in [0, 0.05) is 38.5 Å². The fraction of sp³-hybridized carbons (Fsp3) is 0.733. The molecule has 1 N–H and O–H groups in total. The molecule has 0 bridgehead atoms. The fourth-order valence-electron chi connectivity index (χ4n) is 3.50. The van der Waals surface area contributed by atoms with Crippen LogP contribution in [0.5, 0.6) is 0 Å². The molecule has 3 heterocycles. The maximum absolute atomic E-state index is 12.3. The second-order valence-corrected chi connectivity index (χ2v) is 6.32. The highest BCUT2D eigenvalue weighted by Gasteiger charge is 2.45. The summed E-state index contributed by atoms with van der Waals surface area (Å²) in [6.45, 7) is 6.07. The first-order valence-corrected chi connectivity index (χ1v) is 7.73. The smallest absolute Gasteiger partial charge is 0.254 e. The Bertz CT molecular complexity index is 514. The van der Waals surface area contributed by atoms with Crippen LogP contribution in [0.25, 0.3) is 0 Å². The normalized spacial score (nSPS) is 29.6. The van der Waals surface area contributed by atoms with Gasteiger partial charge in [0.2, 0.25) is 0 Å². The maximum Gasteiger partial charge on any atom is 0.254 e. The number of rotatable bonds is 3. The Kier molecular flexibility index (Phi) is 3.99. The number of hydrogen-bond donors (Lipinski definition) is 1. The van der Waals surface area contributed by atoms with Gasteiger partial charge < -0.3 is 10.1 Å². The summed E-state index contributed by atoms with van der Waals surface area (Å²) < 4.78 is 7.60. The molecule has 3 atom stereocenters. The van der Waals surface area contributed by atoms with E-state index in [9.17, 15) is 4.79 Å². The van der Waals surface area contributed by atoms with Gasteiger partial charge in [0.15, 0.2) is 0 Å². The van der Waals surface area contributed by atoms with Crippen LogP contribution in [0.1, 0.15) is 37.0 Å². The second kappa shape index (κ2) is 5.77. The third-order valence-electron chi connectivity index (χ3n) is 4.51. The minimum Gasteiger partial charge on any atom is -0.374 e. The third-order valence-corrected chi connectivity index (χ3v) is 4.51. The Labute approximate surface area is 125 Å². The molecule has 0 aliphatic carbocycles. The molecule has 1 aromatic heterocycles. The molecule has 0 aromatic carbocycles. The van der Waals surface area contributed by atoms with Crippen molar-refractivity contribution < 1.29 is 9.53 Å². The van der Waals surface area contributed by atoms with Crippen LogP contribution in [-0.4, -0.2) is 58.0 Å². The summed E-state index contributed by atoms with van der Waals surface area (Å²) in [5.41, 5.74) is 0.604. The number of amides is 1. The van der Waals surface area contributed by atoms with E-state index in [4.69, 9.17) is 4.74 Å². The Hall–Kier alpha value is -1.40. The molecule has 116 valence electrons. The molecule has 21 heavy (non-hydrogen) atoms. The summed E-state index contributed by atoms with van der Waals surface area (Å²) in [7, 11) is 1.81. The summed E-state index contributed by atoms with van der Waals surface area (Å²) in [5, 5.41) is 7.18. The lowest BCUT2D eigenvalue weighted by Crippen LogP contribution is -2.47. The number of fused-ring (bicyclic) bond motifs is 1. The number of aromatic nitrogens is 2. The number of carbonyl (C=O) groups is 1. The highest BCUT2D eigenvalue weighted by Crippen LogP contribution is 2.30. The number of ether oxygens (including phenoxy) is 1. The second-order valence-electron chi connectivity index (χ2n) is 6.32. The molecule has 6 heteroatoms. The molecule has 2 aliphatic heterocycles. The lowest BCUT2D eigenvalue weighted by Gasteiger charge is -2.34. The average Bonchev–Trinajstić information content (AvgIpc) is 3.04. The topological polar surface area (TPSA) is 59.4 Å². The molecule has 3 rings (SSSR count). The first kappa shape index (κ1) is 14.5. The van der Waals surface area contributed by atoms with Crippen LogP contribution >= 0.6 is 0 Å².